The summed E-state index contributed by atoms with van der Waals surface area (Å²) in [5.41, 5.74) is 5.43. The summed E-state index contributed by atoms with van der Waals surface area (Å²) in [6, 6.07) is 20.9. The van der Waals surface area contributed by atoms with Crippen LogP contribution in [0.4, 0.5) is 5.82 Å². The van der Waals surface area contributed by atoms with Crippen molar-refractivity contribution in [2.45, 2.75) is 18.1 Å². The Morgan fingerprint density at radius 1 is 0.964 bits per heavy atom. The molecule has 4 nitrogen and oxygen atoms in total. The third kappa shape index (κ3) is 3.27. The minimum atomic E-state index is 0.665. The number of hydrogen-bond acceptors (Lipinski definition) is 4. The maximum atomic E-state index is 4.61. The van der Waals surface area contributed by atoms with E-state index in [0.717, 1.165) is 40.2 Å². The van der Waals surface area contributed by atoms with Gasteiger partial charge in [-0.15, -0.1) is 0 Å². The van der Waals surface area contributed by atoms with Crippen molar-refractivity contribution < 1.29 is 0 Å². The molecule has 0 amide bonds. The van der Waals surface area contributed by atoms with E-state index in [1.807, 2.05) is 12.1 Å². The third-order valence-electron chi connectivity index (χ3n) is 5.24. The third-order valence-corrected chi connectivity index (χ3v) is 6.63. The Kier molecular flexibility index (Phi) is 4.75. The van der Waals surface area contributed by atoms with Gasteiger partial charge in [-0.05, 0) is 29.7 Å². The fourth-order valence-electron chi connectivity index (χ4n) is 3.89. The molecule has 5 heteroatoms. The highest BCUT2D eigenvalue weighted by Crippen LogP contribution is 2.40. The van der Waals surface area contributed by atoms with Crippen LogP contribution in [0.5, 0.6) is 0 Å². The summed E-state index contributed by atoms with van der Waals surface area (Å²) in [6.07, 6.45) is 4.24. The highest BCUT2D eigenvalue weighted by atomic mass is 32.2. The SMILES string of the molecule is c1ccc(-c2[nH]c3ncnc(NCC4CCCS4)c3c2-c2ccccc2)cc1. The Labute approximate surface area is 168 Å². The smallest absolute Gasteiger partial charge is 0.143 e. The van der Waals surface area contributed by atoms with Gasteiger partial charge in [-0.25, -0.2) is 9.97 Å². The highest BCUT2D eigenvalue weighted by Gasteiger charge is 2.21. The minimum absolute atomic E-state index is 0.665. The molecule has 1 aliphatic rings. The molecule has 1 unspecified atom stereocenters. The molecular weight excluding hydrogens is 364 g/mol. The zero-order valence-electron chi connectivity index (χ0n) is 15.6. The van der Waals surface area contributed by atoms with Crippen LogP contribution in [-0.4, -0.2) is 32.5 Å². The molecule has 2 N–H and O–H groups in total. The van der Waals surface area contributed by atoms with Crippen molar-refractivity contribution in [2.75, 3.05) is 17.6 Å². The van der Waals surface area contributed by atoms with Crippen LogP contribution < -0.4 is 5.32 Å². The van der Waals surface area contributed by atoms with Gasteiger partial charge in [0.15, 0.2) is 0 Å². The predicted molar refractivity (Wildman–Crippen MR) is 119 cm³/mol. The number of thioether (sulfide) groups is 1. The van der Waals surface area contributed by atoms with E-state index >= 15 is 0 Å². The molecule has 0 spiro atoms. The quantitative estimate of drug-likeness (QED) is 0.469. The molecule has 5 rings (SSSR count). The van der Waals surface area contributed by atoms with Gasteiger partial charge >= 0.3 is 0 Å². The van der Waals surface area contributed by atoms with Crippen molar-refractivity contribution in [1.29, 1.82) is 0 Å². The Morgan fingerprint density at radius 2 is 1.71 bits per heavy atom. The largest absolute Gasteiger partial charge is 0.368 e. The van der Waals surface area contributed by atoms with Gasteiger partial charge in [0.05, 0.1) is 11.1 Å². The summed E-state index contributed by atoms with van der Waals surface area (Å²) >= 11 is 2.06. The molecule has 1 saturated heterocycles. The van der Waals surface area contributed by atoms with E-state index in [1.165, 1.54) is 24.2 Å². The highest BCUT2D eigenvalue weighted by molar-refractivity contribution is 8.00. The number of aromatic nitrogens is 3. The fraction of sp³-hybridized carbons (Fsp3) is 0.217. The van der Waals surface area contributed by atoms with Crippen LogP contribution in [0.3, 0.4) is 0 Å². The molecule has 0 aliphatic carbocycles. The molecule has 28 heavy (non-hydrogen) atoms. The molecule has 3 heterocycles. The first kappa shape index (κ1) is 17.3. The van der Waals surface area contributed by atoms with Gasteiger partial charge in [-0.3, -0.25) is 0 Å². The first-order valence-corrected chi connectivity index (χ1v) is 10.8. The molecule has 4 aromatic rings. The Morgan fingerprint density at radius 3 is 2.43 bits per heavy atom. The number of fused-ring (bicyclic) bond motifs is 1. The van der Waals surface area contributed by atoms with Gasteiger partial charge in [0, 0.05) is 17.4 Å². The van der Waals surface area contributed by atoms with Crippen LogP contribution in [-0.2, 0) is 0 Å². The normalized spacial score (nSPS) is 16.5. The van der Waals surface area contributed by atoms with Crippen LogP contribution >= 0.6 is 11.8 Å². The van der Waals surface area contributed by atoms with Crippen LogP contribution in [0.1, 0.15) is 12.8 Å². The monoisotopic (exact) mass is 386 g/mol. The van der Waals surface area contributed by atoms with Crippen molar-refractivity contribution in [3.63, 3.8) is 0 Å². The lowest BCUT2D eigenvalue weighted by atomic mass is 9.99. The first-order chi connectivity index (χ1) is 13.9. The molecule has 140 valence electrons. The number of aromatic amines is 1. The van der Waals surface area contributed by atoms with Crippen LogP contribution in [0.15, 0.2) is 67.0 Å². The molecule has 1 aliphatic heterocycles. The molecule has 0 saturated carbocycles. The predicted octanol–water partition coefficient (Wildman–Crippen LogP) is 5.60. The molecular formula is C23H22N4S. The molecule has 0 radical (unpaired) electrons. The summed E-state index contributed by atoms with van der Waals surface area (Å²) in [6.45, 7) is 0.941. The van der Waals surface area contributed by atoms with E-state index in [2.05, 4.69) is 80.6 Å². The van der Waals surface area contributed by atoms with E-state index in [0.29, 0.717) is 5.25 Å². The van der Waals surface area contributed by atoms with Gasteiger partial charge in [0.25, 0.3) is 0 Å². The maximum Gasteiger partial charge on any atom is 0.143 e. The number of benzene rings is 2. The number of hydrogen-bond donors (Lipinski definition) is 2. The van der Waals surface area contributed by atoms with Gasteiger partial charge in [-0.2, -0.15) is 11.8 Å². The van der Waals surface area contributed by atoms with Crippen molar-refractivity contribution in [2.24, 2.45) is 0 Å². The van der Waals surface area contributed by atoms with E-state index in [1.54, 1.807) is 6.33 Å². The topological polar surface area (TPSA) is 53.6 Å². The second-order valence-electron chi connectivity index (χ2n) is 7.07. The lowest BCUT2D eigenvalue weighted by Crippen LogP contribution is -2.14. The Bertz CT molecular complexity index is 1070. The standard InChI is InChI=1S/C23H22N4S/c1-3-8-16(9-4-1)19-20-22(24-14-18-12-7-13-28-18)25-15-26-23(20)27-21(19)17-10-5-2-6-11-17/h1-6,8-11,15,18H,7,12-14H2,(H2,24,25,26,27). The van der Waals surface area contributed by atoms with Gasteiger partial charge in [-0.1, -0.05) is 60.7 Å². The summed E-state index contributed by atoms with van der Waals surface area (Å²) in [5.74, 6) is 2.18. The van der Waals surface area contributed by atoms with E-state index in [-0.39, 0.29) is 0 Å². The van der Waals surface area contributed by atoms with Crippen molar-refractivity contribution in [3.8, 4) is 22.4 Å². The van der Waals surface area contributed by atoms with Crippen molar-refractivity contribution in [1.82, 2.24) is 15.0 Å². The van der Waals surface area contributed by atoms with Crippen LogP contribution in [0.25, 0.3) is 33.4 Å². The lowest BCUT2D eigenvalue weighted by molar-refractivity contribution is 0.804. The Balaban J connectivity index is 1.67. The first-order valence-electron chi connectivity index (χ1n) is 9.73. The Hall–Kier alpha value is -2.79. The number of nitrogens with zero attached hydrogens (tertiary/aromatic N) is 2. The van der Waals surface area contributed by atoms with Crippen molar-refractivity contribution in [3.05, 3.63) is 67.0 Å². The number of nitrogens with one attached hydrogen (secondary N) is 2. The number of rotatable bonds is 5. The summed E-state index contributed by atoms with van der Waals surface area (Å²) in [7, 11) is 0. The molecule has 2 aromatic carbocycles. The average Bonchev–Trinajstić information content (AvgIpc) is 3.41. The molecule has 2 aromatic heterocycles. The lowest BCUT2D eigenvalue weighted by Gasteiger charge is -2.12. The zero-order chi connectivity index (χ0) is 18.8. The molecule has 1 atom stereocenters. The minimum Gasteiger partial charge on any atom is -0.368 e. The van der Waals surface area contributed by atoms with E-state index < -0.39 is 0 Å². The fourth-order valence-corrected chi connectivity index (χ4v) is 5.09. The molecule has 0 bridgehead atoms. The van der Waals surface area contributed by atoms with E-state index in [4.69, 9.17) is 0 Å². The van der Waals surface area contributed by atoms with Crippen LogP contribution in [0, 0.1) is 0 Å². The number of H-pyrrole nitrogens is 1. The van der Waals surface area contributed by atoms with E-state index in [9.17, 15) is 0 Å². The summed E-state index contributed by atoms with van der Waals surface area (Å²) in [4.78, 5) is 12.7. The second-order valence-corrected chi connectivity index (χ2v) is 8.48. The van der Waals surface area contributed by atoms with Crippen molar-refractivity contribution >= 4 is 28.6 Å². The van der Waals surface area contributed by atoms with Gasteiger partial charge in [0.1, 0.15) is 17.8 Å². The number of anilines is 1. The summed E-state index contributed by atoms with van der Waals surface area (Å²) in [5, 5.41) is 5.34. The van der Waals surface area contributed by atoms with Crippen LogP contribution in [0.2, 0.25) is 0 Å². The van der Waals surface area contributed by atoms with Gasteiger partial charge < -0.3 is 10.3 Å². The van der Waals surface area contributed by atoms with Gasteiger partial charge in [0.2, 0.25) is 0 Å². The second kappa shape index (κ2) is 7.68. The summed E-state index contributed by atoms with van der Waals surface area (Å²) < 4.78 is 0. The molecule has 1 fully saturated rings. The average molecular weight is 387 g/mol. The maximum absolute atomic E-state index is 4.61. The zero-order valence-corrected chi connectivity index (χ0v) is 16.4.